The largest absolute Gasteiger partial charge is 0.388 e. The standard InChI is InChI=1S/C13H24N4O/c1-5-13(18,6-2)7-15-12-10(9(3)4)11(14)16-8-17-12/h8-9,18H,5-7H2,1-4H3,(H3,14,15,16,17). The van der Waals surface area contributed by atoms with E-state index >= 15 is 0 Å². The second-order valence-electron chi connectivity index (χ2n) is 4.96. The second-order valence-corrected chi connectivity index (χ2v) is 4.96. The molecule has 0 aromatic carbocycles. The monoisotopic (exact) mass is 252 g/mol. The SMILES string of the molecule is CCC(O)(CC)CNc1ncnc(N)c1C(C)C. The van der Waals surface area contributed by atoms with Gasteiger partial charge in [-0.2, -0.15) is 0 Å². The van der Waals surface area contributed by atoms with Crippen LogP contribution in [0.2, 0.25) is 0 Å². The Bertz CT molecular complexity index is 389. The van der Waals surface area contributed by atoms with Crippen LogP contribution < -0.4 is 11.1 Å². The van der Waals surface area contributed by atoms with E-state index < -0.39 is 5.60 Å². The van der Waals surface area contributed by atoms with Crippen molar-refractivity contribution in [3.8, 4) is 0 Å². The number of aromatic nitrogens is 2. The zero-order valence-electron chi connectivity index (χ0n) is 11.7. The average molecular weight is 252 g/mol. The van der Waals surface area contributed by atoms with Crippen molar-refractivity contribution in [2.24, 2.45) is 0 Å². The molecule has 0 aliphatic heterocycles. The molecule has 1 rings (SSSR count). The molecule has 0 amide bonds. The van der Waals surface area contributed by atoms with Gasteiger partial charge in [-0.05, 0) is 18.8 Å². The van der Waals surface area contributed by atoms with E-state index in [9.17, 15) is 5.11 Å². The summed E-state index contributed by atoms with van der Waals surface area (Å²) in [6.45, 7) is 8.51. The number of rotatable bonds is 6. The lowest BCUT2D eigenvalue weighted by molar-refractivity contribution is 0.0456. The van der Waals surface area contributed by atoms with Crippen LogP contribution >= 0.6 is 0 Å². The van der Waals surface area contributed by atoms with E-state index in [0.29, 0.717) is 25.2 Å². The van der Waals surface area contributed by atoms with Crippen LogP contribution in [0.5, 0.6) is 0 Å². The van der Waals surface area contributed by atoms with Crippen LogP contribution in [0.25, 0.3) is 0 Å². The van der Waals surface area contributed by atoms with Crippen LogP contribution in [0.15, 0.2) is 6.33 Å². The Balaban J connectivity index is 2.88. The maximum atomic E-state index is 10.3. The van der Waals surface area contributed by atoms with Crippen molar-refractivity contribution in [3.05, 3.63) is 11.9 Å². The summed E-state index contributed by atoms with van der Waals surface area (Å²) >= 11 is 0. The van der Waals surface area contributed by atoms with E-state index in [-0.39, 0.29) is 5.92 Å². The molecule has 5 heteroatoms. The molecule has 102 valence electrons. The Morgan fingerprint density at radius 3 is 2.44 bits per heavy atom. The lowest BCUT2D eigenvalue weighted by Crippen LogP contribution is -2.35. The van der Waals surface area contributed by atoms with Crippen LogP contribution in [-0.2, 0) is 0 Å². The molecular formula is C13H24N4O. The molecule has 0 unspecified atom stereocenters. The summed E-state index contributed by atoms with van der Waals surface area (Å²) in [5.74, 6) is 1.46. The Morgan fingerprint density at radius 2 is 1.94 bits per heavy atom. The van der Waals surface area contributed by atoms with Crippen molar-refractivity contribution in [2.75, 3.05) is 17.6 Å². The van der Waals surface area contributed by atoms with E-state index in [0.717, 1.165) is 11.4 Å². The average Bonchev–Trinajstić information content (AvgIpc) is 2.35. The molecule has 0 spiro atoms. The van der Waals surface area contributed by atoms with Gasteiger partial charge in [0.05, 0.1) is 5.60 Å². The van der Waals surface area contributed by atoms with E-state index in [2.05, 4.69) is 15.3 Å². The van der Waals surface area contributed by atoms with Crippen LogP contribution in [0, 0.1) is 0 Å². The van der Waals surface area contributed by atoms with Gasteiger partial charge in [-0.3, -0.25) is 0 Å². The van der Waals surface area contributed by atoms with Crippen molar-refractivity contribution < 1.29 is 5.11 Å². The highest BCUT2D eigenvalue weighted by Crippen LogP contribution is 2.27. The molecule has 4 N–H and O–H groups in total. The third kappa shape index (κ3) is 3.32. The quantitative estimate of drug-likeness (QED) is 0.722. The second kappa shape index (κ2) is 6.00. The van der Waals surface area contributed by atoms with Crippen LogP contribution in [0.3, 0.4) is 0 Å². The van der Waals surface area contributed by atoms with Crippen molar-refractivity contribution in [3.63, 3.8) is 0 Å². The highest BCUT2D eigenvalue weighted by Gasteiger charge is 2.23. The Labute approximate surface area is 109 Å². The van der Waals surface area contributed by atoms with Crippen LogP contribution in [0.1, 0.15) is 52.0 Å². The van der Waals surface area contributed by atoms with Gasteiger partial charge in [0.25, 0.3) is 0 Å². The smallest absolute Gasteiger partial charge is 0.135 e. The number of nitrogens with one attached hydrogen (secondary N) is 1. The van der Waals surface area contributed by atoms with Crippen molar-refractivity contribution in [1.82, 2.24) is 9.97 Å². The van der Waals surface area contributed by atoms with Crippen molar-refractivity contribution in [1.29, 1.82) is 0 Å². The Hall–Kier alpha value is -1.36. The first-order valence-corrected chi connectivity index (χ1v) is 6.50. The van der Waals surface area contributed by atoms with Gasteiger partial charge >= 0.3 is 0 Å². The molecule has 0 saturated carbocycles. The van der Waals surface area contributed by atoms with Crippen molar-refractivity contribution >= 4 is 11.6 Å². The molecule has 0 radical (unpaired) electrons. The van der Waals surface area contributed by atoms with Gasteiger partial charge in [0.1, 0.15) is 18.0 Å². The number of nitrogen functional groups attached to an aromatic ring is 1. The number of nitrogens with zero attached hydrogens (tertiary/aromatic N) is 2. The molecule has 18 heavy (non-hydrogen) atoms. The number of nitrogens with two attached hydrogens (primary N) is 1. The zero-order valence-corrected chi connectivity index (χ0v) is 11.7. The Morgan fingerprint density at radius 1 is 1.33 bits per heavy atom. The molecular weight excluding hydrogens is 228 g/mol. The van der Waals surface area contributed by atoms with Gasteiger partial charge in [-0.15, -0.1) is 0 Å². The lowest BCUT2D eigenvalue weighted by atomic mass is 9.97. The Kier molecular flexibility index (Phi) is 4.90. The van der Waals surface area contributed by atoms with E-state index in [1.165, 1.54) is 6.33 Å². The summed E-state index contributed by atoms with van der Waals surface area (Å²) in [6.07, 6.45) is 2.85. The fourth-order valence-electron chi connectivity index (χ4n) is 1.87. The fourth-order valence-corrected chi connectivity index (χ4v) is 1.87. The normalized spacial score (nSPS) is 11.9. The van der Waals surface area contributed by atoms with Crippen molar-refractivity contribution in [2.45, 2.75) is 52.1 Å². The van der Waals surface area contributed by atoms with E-state index in [4.69, 9.17) is 5.73 Å². The van der Waals surface area contributed by atoms with Gasteiger partial charge in [-0.1, -0.05) is 27.7 Å². The third-order valence-electron chi connectivity index (χ3n) is 3.39. The summed E-state index contributed by atoms with van der Waals surface area (Å²) in [5.41, 5.74) is 6.08. The minimum Gasteiger partial charge on any atom is -0.388 e. The van der Waals surface area contributed by atoms with Crippen LogP contribution in [-0.4, -0.2) is 27.2 Å². The highest BCUT2D eigenvalue weighted by atomic mass is 16.3. The first-order valence-electron chi connectivity index (χ1n) is 6.50. The molecule has 0 aliphatic rings. The summed E-state index contributed by atoms with van der Waals surface area (Å²) in [7, 11) is 0. The molecule has 1 aromatic rings. The predicted molar refractivity (Wildman–Crippen MR) is 74.6 cm³/mol. The van der Waals surface area contributed by atoms with Gasteiger partial charge in [0.2, 0.25) is 0 Å². The molecule has 0 aliphatic carbocycles. The van der Waals surface area contributed by atoms with Gasteiger partial charge in [0, 0.05) is 12.1 Å². The fraction of sp³-hybridized carbons (Fsp3) is 0.692. The van der Waals surface area contributed by atoms with Gasteiger partial charge in [0.15, 0.2) is 0 Å². The first-order chi connectivity index (χ1) is 8.43. The number of anilines is 2. The molecule has 0 bridgehead atoms. The summed E-state index contributed by atoms with van der Waals surface area (Å²) in [4.78, 5) is 8.23. The maximum absolute atomic E-state index is 10.3. The third-order valence-corrected chi connectivity index (χ3v) is 3.39. The topological polar surface area (TPSA) is 84.1 Å². The van der Waals surface area contributed by atoms with E-state index in [1.54, 1.807) is 0 Å². The predicted octanol–water partition coefficient (Wildman–Crippen LogP) is 2.15. The van der Waals surface area contributed by atoms with Crippen LogP contribution in [0.4, 0.5) is 11.6 Å². The molecule has 0 saturated heterocycles. The number of hydrogen-bond acceptors (Lipinski definition) is 5. The number of hydrogen-bond donors (Lipinski definition) is 3. The molecule has 0 fully saturated rings. The maximum Gasteiger partial charge on any atom is 0.135 e. The number of aliphatic hydroxyl groups is 1. The molecule has 1 heterocycles. The summed E-state index contributed by atoms with van der Waals surface area (Å²) < 4.78 is 0. The highest BCUT2D eigenvalue weighted by molar-refractivity contribution is 5.56. The molecule has 1 aromatic heterocycles. The van der Waals surface area contributed by atoms with E-state index in [1.807, 2.05) is 27.7 Å². The molecule has 5 nitrogen and oxygen atoms in total. The minimum atomic E-state index is -0.700. The van der Waals surface area contributed by atoms with Gasteiger partial charge < -0.3 is 16.2 Å². The lowest BCUT2D eigenvalue weighted by Gasteiger charge is -2.26. The first kappa shape index (κ1) is 14.7. The minimum absolute atomic E-state index is 0.241. The zero-order chi connectivity index (χ0) is 13.8. The summed E-state index contributed by atoms with van der Waals surface area (Å²) in [6, 6.07) is 0. The summed E-state index contributed by atoms with van der Waals surface area (Å²) in [5, 5.41) is 13.4. The van der Waals surface area contributed by atoms with Gasteiger partial charge in [-0.25, -0.2) is 9.97 Å². The molecule has 0 atom stereocenters.